The molecule has 1 atom stereocenters. The standard InChI is InChI=1S/C10H12O5/c1-14-8(11)7-4-3-5-10(13,6-7)9(12)15-2/h3-5,13H,6H2,1-2H3. The minimum absolute atomic E-state index is 0.136. The highest BCUT2D eigenvalue weighted by Crippen LogP contribution is 2.24. The SMILES string of the molecule is COC(=O)C1=CC=CC(O)(C(=O)OC)C1. The number of methoxy groups -OCH3 is 2. The van der Waals surface area contributed by atoms with Gasteiger partial charge in [-0.15, -0.1) is 0 Å². The van der Waals surface area contributed by atoms with Crippen molar-refractivity contribution in [1.29, 1.82) is 0 Å². The molecule has 0 radical (unpaired) electrons. The lowest BCUT2D eigenvalue weighted by atomic mass is 9.90. The molecule has 1 N–H and O–H groups in total. The summed E-state index contributed by atoms with van der Waals surface area (Å²) in [5, 5.41) is 9.84. The molecule has 0 fully saturated rings. The molecule has 0 aromatic rings. The van der Waals surface area contributed by atoms with Gasteiger partial charge < -0.3 is 14.6 Å². The molecule has 0 aromatic carbocycles. The molecule has 0 saturated carbocycles. The smallest absolute Gasteiger partial charge is 0.342 e. The number of carbonyl (C=O) groups is 2. The van der Waals surface area contributed by atoms with E-state index < -0.39 is 17.5 Å². The van der Waals surface area contributed by atoms with Crippen LogP contribution in [-0.4, -0.2) is 36.9 Å². The molecule has 0 aromatic heterocycles. The molecule has 5 heteroatoms. The molecule has 0 spiro atoms. The fourth-order valence-electron chi connectivity index (χ4n) is 1.32. The van der Waals surface area contributed by atoms with Gasteiger partial charge in [-0.2, -0.15) is 0 Å². The van der Waals surface area contributed by atoms with Gasteiger partial charge in [0.05, 0.1) is 14.2 Å². The summed E-state index contributed by atoms with van der Waals surface area (Å²) in [6.07, 6.45) is 4.06. The van der Waals surface area contributed by atoms with Crippen LogP contribution >= 0.6 is 0 Å². The van der Waals surface area contributed by atoms with Crippen molar-refractivity contribution in [2.24, 2.45) is 0 Å². The third kappa shape index (κ3) is 2.24. The second kappa shape index (κ2) is 4.27. The Bertz CT molecular complexity index is 342. The minimum Gasteiger partial charge on any atom is -0.467 e. The average molecular weight is 212 g/mol. The number of carbonyl (C=O) groups excluding carboxylic acids is 2. The first-order chi connectivity index (χ1) is 7.03. The van der Waals surface area contributed by atoms with Gasteiger partial charge in [0.15, 0.2) is 5.60 Å². The Balaban J connectivity index is 2.87. The summed E-state index contributed by atoms with van der Waals surface area (Å²) < 4.78 is 8.93. The number of allylic oxidation sites excluding steroid dienone is 2. The number of esters is 2. The van der Waals surface area contributed by atoms with E-state index in [1.165, 1.54) is 32.4 Å². The van der Waals surface area contributed by atoms with Gasteiger partial charge in [0.2, 0.25) is 0 Å². The fraction of sp³-hybridized carbons (Fsp3) is 0.400. The Kier molecular flexibility index (Phi) is 3.26. The largest absolute Gasteiger partial charge is 0.467 e. The van der Waals surface area contributed by atoms with Gasteiger partial charge in [-0.25, -0.2) is 9.59 Å². The molecule has 82 valence electrons. The molecular formula is C10H12O5. The highest BCUT2D eigenvalue weighted by Gasteiger charge is 2.38. The van der Waals surface area contributed by atoms with E-state index in [1.807, 2.05) is 0 Å². The lowest BCUT2D eigenvalue weighted by molar-refractivity contribution is -0.157. The molecule has 1 unspecified atom stereocenters. The van der Waals surface area contributed by atoms with E-state index in [1.54, 1.807) is 0 Å². The predicted octanol–water partition coefficient (Wildman–Crippen LogP) is -0.0502. The summed E-state index contributed by atoms with van der Waals surface area (Å²) >= 11 is 0. The molecule has 5 nitrogen and oxygen atoms in total. The van der Waals surface area contributed by atoms with Gasteiger partial charge in [0.25, 0.3) is 0 Å². The van der Waals surface area contributed by atoms with Gasteiger partial charge in [0, 0.05) is 12.0 Å². The maximum absolute atomic E-state index is 11.2. The van der Waals surface area contributed by atoms with Gasteiger partial charge in [-0.05, 0) is 6.08 Å². The number of aliphatic hydroxyl groups is 1. The molecule has 1 aliphatic carbocycles. The van der Waals surface area contributed by atoms with E-state index in [0.29, 0.717) is 0 Å². The summed E-state index contributed by atoms with van der Waals surface area (Å²) in [6.45, 7) is 0. The van der Waals surface area contributed by atoms with Crippen molar-refractivity contribution in [3.8, 4) is 0 Å². The molecule has 0 bridgehead atoms. The van der Waals surface area contributed by atoms with E-state index in [9.17, 15) is 14.7 Å². The predicted molar refractivity (Wildman–Crippen MR) is 50.8 cm³/mol. The Morgan fingerprint density at radius 1 is 1.40 bits per heavy atom. The summed E-state index contributed by atoms with van der Waals surface area (Å²) in [5.74, 6) is -1.37. The van der Waals surface area contributed by atoms with Crippen molar-refractivity contribution in [3.63, 3.8) is 0 Å². The van der Waals surface area contributed by atoms with E-state index in [0.717, 1.165) is 0 Å². The van der Waals surface area contributed by atoms with E-state index in [4.69, 9.17) is 0 Å². The minimum atomic E-state index is -1.77. The van der Waals surface area contributed by atoms with Crippen LogP contribution in [0.1, 0.15) is 6.42 Å². The highest BCUT2D eigenvalue weighted by atomic mass is 16.5. The first kappa shape index (κ1) is 11.5. The number of ether oxygens (including phenoxy) is 2. The molecule has 0 saturated heterocycles. The molecule has 15 heavy (non-hydrogen) atoms. The van der Waals surface area contributed by atoms with Crippen LogP contribution < -0.4 is 0 Å². The fourth-order valence-corrected chi connectivity index (χ4v) is 1.32. The van der Waals surface area contributed by atoms with Crippen molar-refractivity contribution < 1.29 is 24.2 Å². The molecular weight excluding hydrogens is 200 g/mol. The van der Waals surface area contributed by atoms with Gasteiger partial charge in [-0.1, -0.05) is 12.2 Å². The van der Waals surface area contributed by atoms with Crippen molar-refractivity contribution in [1.82, 2.24) is 0 Å². The highest BCUT2D eigenvalue weighted by molar-refractivity contribution is 5.92. The number of hydrogen-bond donors (Lipinski definition) is 1. The molecule has 1 aliphatic rings. The second-order valence-corrected chi connectivity index (χ2v) is 3.14. The summed E-state index contributed by atoms with van der Waals surface area (Å²) in [4.78, 5) is 22.4. The van der Waals surface area contributed by atoms with Crippen LogP contribution in [0.25, 0.3) is 0 Å². The third-order valence-electron chi connectivity index (χ3n) is 2.12. The van der Waals surface area contributed by atoms with Gasteiger partial charge >= 0.3 is 11.9 Å². The van der Waals surface area contributed by atoms with Crippen LogP contribution in [0.3, 0.4) is 0 Å². The Labute approximate surface area is 87.0 Å². The van der Waals surface area contributed by atoms with Crippen LogP contribution in [0.2, 0.25) is 0 Å². The average Bonchev–Trinajstić information content (AvgIpc) is 2.26. The quantitative estimate of drug-likeness (QED) is 0.650. The van der Waals surface area contributed by atoms with Crippen molar-refractivity contribution in [2.75, 3.05) is 14.2 Å². The monoisotopic (exact) mass is 212 g/mol. The lowest BCUT2D eigenvalue weighted by Crippen LogP contribution is -2.40. The zero-order valence-corrected chi connectivity index (χ0v) is 8.52. The normalized spacial score (nSPS) is 24.3. The van der Waals surface area contributed by atoms with E-state index in [-0.39, 0.29) is 12.0 Å². The van der Waals surface area contributed by atoms with Crippen LogP contribution in [0.4, 0.5) is 0 Å². The Hall–Kier alpha value is -1.62. The first-order valence-electron chi connectivity index (χ1n) is 4.31. The zero-order chi connectivity index (χ0) is 11.5. The second-order valence-electron chi connectivity index (χ2n) is 3.14. The van der Waals surface area contributed by atoms with Crippen LogP contribution in [-0.2, 0) is 19.1 Å². The Morgan fingerprint density at radius 2 is 2.07 bits per heavy atom. The van der Waals surface area contributed by atoms with Gasteiger partial charge in [0.1, 0.15) is 0 Å². The van der Waals surface area contributed by atoms with Crippen molar-refractivity contribution in [3.05, 3.63) is 23.8 Å². The summed E-state index contributed by atoms with van der Waals surface area (Å²) in [6, 6.07) is 0. The lowest BCUT2D eigenvalue weighted by Gasteiger charge is -2.24. The van der Waals surface area contributed by atoms with Crippen molar-refractivity contribution in [2.45, 2.75) is 12.0 Å². The molecule has 1 rings (SSSR count). The van der Waals surface area contributed by atoms with E-state index >= 15 is 0 Å². The third-order valence-corrected chi connectivity index (χ3v) is 2.12. The zero-order valence-electron chi connectivity index (χ0n) is 8.52. The maximum Gasteiger partial charge on any atom is 0.342 e. The van der Waals surface area contributed by atoms with Crippen LogP contribution in [0.5, 0.6) is 0 Å². The van der Waals surface area contributed by atoms with E-state index in [2.05, 4.69) is 9.47 Å². The van der Waals surface area contributed by atoms with Crippen molar-refractivity contribution >= 4 is 11.9 Å². The summed E-state index contributed by atoms with van der Waals surface area (Å²) in [5.41, 5.74) is -1.54. The first-order valence-corrected chi connectivity index (χ1v) is 4.31. The van der Waals surface area contributed by atoms with Gasteiger partial charge in [-0.3, -0.25) is 0 Å². The van der Waals surface area contributed by atoms with Crippen LogP contribution in [0.15, 0.2) is 23.8 Å². The number of rotatable bonds is 2. The maximum atomic E-state index is 11.2. The molecule has 0 amide bonds. The number of hydrogen-bond acceptors (Lipinski definition) is 5. The van der Waals surface area contributed by atoms with Crippen LogP contribution in [0, 0.1) is 0 Å². The topological polar surface area (TPSA) is 72.8 Å². The molecule has 0 heterocycles. The Morgan fingerprint density at radius 3 is 2.60 bits per heavy atom. The molecule has 0 aliphatic heterocycles. The summed E-state index contributed by atoms with van der Waals surface area (Å²) in [7, 11) is 2.41.